The molecule has 3 N–H and O–H groups in total. The lowest BCUT2D eigenvalue weighted by molar-refractivity contribution is 0.0633. The van der Waals surface area contributed by atoms with Crippen LogP contribution >= 0.6 is 0 Å². The van der Waals surface area contributed by atoms with Gasteiger partial charge in [0.2, 0.25) is 0 Å². The number of carboxylic acids is 3. The van der Waals surface area contributed by atoms with E-state index < -0.39 is 34.6 Å². The van der Waals surface area contributed by atoms with Gasteiger partial charge in [-0.1, -0.05) is 5.92 Å². The number of aromatic carboxylic acids is 3. The quantitative estimate of drug-likeness (QED) is 0.690. The first-order valence-corrected chi connectivity index (χ1v) is 4.73. The minimum Gasteiger partial charge on any atom is -0.478 e. The molecule has 94 valence electrons. The molecule has 0 saturated carbocycles. The molecule has 0 aromatic heterocycles. The molecule has 0 amide bonds. The molecule has 0 saturated heterocycles. The van der Waals surface area contributed by atoms with Crippen molar-refractivity contribution in [2.45, 2.75) is 0 Å². The Morgan fingerprint density at radius 3 is 1.74 bits per heavy atom. The SMILES string of the molecule is C#CC#Cc1cc(C(=O)O)c(C(=O)O)c(C(=O)O)c1. The summed E-state index contributed by atoms with van der Waals surface area (Å²) < 4.78 is 0. The minimum atomic E-state index is -1.65. The van der Waals surface area contributed by atoms with Crippen LogP contribution in [0.1, 0.15) is 36.6 Å². The fraction of sp³-hybridized carbons (Fsp3) is 0. The minimum absolute atomic E-state index is 0.0118. The van der Waals surface area contributed by atoms with Gasteiger partial charge in [-0.25, -0.2) is 14.4 Å². The van der Waals surface area contributed by atoms with Crippen molar-refractivity contribution < 1.29 is 29.7 Å². The summed E-state index contributed by atoms with van der Waals surface area (Å²) in [4.78, 5) is 32.9. The van der Waals surface area contributed by atoms with Gasteiger partial charge in [-0.2, -0.15) is 0 Å². The second kappa shape index (κ2) is 5.39. The van der Waals surface area contributed by atoms with Crippen molar-refractivity contribution >= 4 is 17.9 Å². The van der Waals surface area contributed by atoms with Crippen LogP contribution in [0.15, 0.2) is 12.1 Å². The highest BCUT2D eigenvalue weighted by Crippen LogP contribution is 2.18. The summed E-state index contributed by atoms with van der Waals surface area (Å²) in [5.74, 6) is 1.74. The normalized spacial score (nSPS) is 8.79. The lowest BCUT2D eigenvalue weighted by Gasteiger charge is -2.06. The number of terminal acetylenes is 1. The monoisotopic (exact) mass is 258 g/mol. The molecule has 1 aromatic carbocycles. The molecule has 6 nitrogen and oxygen atoms in total. The van der Waals surface area contributed by atoms with Crippen LogP contribution in [0.2, 0.25) is 0 Å². The van der Waals surface area contributed by atoms with E-state index in [1.807, 2.05) is 5.92 Å². The number of hydrogen-bond acceptors (Lipinski definition) is 3. The Kier molecular flexibility index (Phi) is 3.92. The highest BCUT2D eigenvalue weighted by Gasteiger charge is 2.24. The van der Waals surface area contributed by atoms with E-state index in [2.05, 4.69) is 11.8 Å². The van der Waals surface area contributed by atoms with Crippen molar-refractivity contribution in [2.75, 3.05) is 0 Å². The van der Waals surface area contributed by atoms with Crippen LogP contribution in [0, 0.1) is 24.2 Å². The van der Waals surface area contributed by atoms with E-state index in [1.165, 1.54) is 0 Å². The summed E-state index contributed by atoms with van der Waals surface area (Å²) in [5, 5.41) is 26.8. The molecule has 0 aliphatic carbocycles. The second-order valence-electron chi connectivity index (χ2n) is 3.26. The zero-order valence-corrected chi connectivity index (χ0v) is 9.30. The number of benzene rings is 1. The van der Waals surface area contributed by atoms with E-state index in [9.17, 15) is 14.4 Å². The fourth-order valence-corrected chi connectivity index (χ4v) is 1.39. The Balaban J connectivity index is 3.73. The van der Waals surface area contributed by atoms with Gasteiger partial charge in [-0.05, 0) is 24.0 Å². The van der Waals surface area contributed by atoms with E-state index in [4.69, 9.17) is 21.7 Å². The average molecular weight is 258 g/mol. The highest BCUT2D eigenvalue weighted by molar-refractivity contribution is 6.09. The van der Waals surface area contributed by atoms with Crippen molar-refractivity contribution in [3.05, 3.63) is 34.4 Å². The average Bonchev–Trinajstić information content (AvgIpc) is 2.34. The smallest absolute Gasteiger partial charge is 0.337 e. The lowest BCUT2D eigenvalue weighted by atomic mass is 9.97. The highest BCUT2D eigenvalue weighted by atomic mass is 16.4. The van der Waals surface area contributed by atoms with Crippen LogP contribution in [0.3, 0.4) is 0 Å². The van der Waals surface area contributed by atoms with Gasteiger partial charge < -0.3 is 15.3 Å². The Hall–Kier alpha value is -3.25. The molecule has 0 unspecified atom stereocenters. The largest absolute Gasteiger partial charge is 0.478 e. The number of hydrogen-bond donors (Lipinski definition) is 3. The molecule has 0 bridgehead atoms. The summed E-state index contributed by atoms with van der Waals surface area (Å²) in [7, 11) is 0. The second-order valence-corrected chi connectivity index (χ2v) is 3.26. The maximum atomic E-state index is 11.0. The summed E-state index contributed by atoms with van der Waals surface area (Å²) in [6, 6.07) is 1.92. The van der Waals surface area contributed by atoms with Crippen molar-refractivity contribution in [1.29, 1.82) is 0 Å². The number of rotatable bonds is 3. The van der Waals surface area contributed by atoms with Crippen LogP contribution < -0.4 is 0 Å². The van der Waals surface area contributed by atoms with Gasteiger partial charge >= 0.3 is 17.9 Å². The molecular weight excluding hydrogens is 252 g/mol. The summed E-state index contributed by atoms with van der Waals surface area (Å²) in [5.41, 5.74) is -2.11. The van der Waals surface area contributed by atoms with Crippen LogP contribution in [0.4, 0.5) is 0 Å². The zero-order valence-electron chi connectivity index (χ0n) is 9.30. The Morgan fingerprint density at radius 2 is 1.42 bits per heavy atom. The Labute approximate surface area is 107 Å². The predicted octanol–water partition coefficient (Wildman–Crippen LogP) is 0.766. The predicted molar refractivity (Wildman–Crippen MR) is 63.0 cm³/mol. The molecule has 0 aliphatic heterocycles. The zero-order chi connectivity index (χ0) is 14.6. The molecule has 6 heteroatoms. The first kappa shape index (κ1) is 13.8. The third kappa shape index (κ3) is 2.90. The summed E-state index contributed by atoms with van der Waals surface area (Å²) in [6.45, 7) is 0. The molecule has 0 fully saturated rings. The Bertz CT molecular complexity index is 646. The Morgan fingerprint density at radius 1 is 0.947 bits per heavy atom. The molecule has 1 rings (SSSR count). The van der Waals surface area contributed by atoms with Crippen molar-refractivity contribution in [1.82, 2.24) is 0 Å². The number of carbonyl (C=O) groups is 3. The standard InChI is InChI=1S/C13H6O6/c1-2-3-4-7-5-8(11(14)15)10(13(18)19)9(6-7)12(16)17/h1,5-6H,(H,14,15)(H,16,17)(H,18,19). The van der Waals surface area contributed by atoms with Crippen LogP contribution in [-0.4, -0.2) is 33.2 Å². The molecular formula is C13H6O6. The van der Waals surface area contributed by atoms with Gasteiger partial charge in [0.05, 0.1) is 16.7 Å². The fourth-order valence-electron chi connectivity index (χ4n) is 1.39. The van der Waals surface area contributed by atoms with Crippen LogP contribution in [0.25, 0.3) is 0 Å². The van der Waals surface area contributed by atoms with Gasteiger partial charge in [-0.3, -0.25) is 0 Å². The molecule has 0 heterocycles. The molecule has 19 heavy (non-hydrogen) atoms. The van der Waals surface area contributed by atoms with E-state index >= 15 is 0 Å². The topological polar surface area (TPSA) is 112 Å². The summed E-state index contributed by atoms with van der Waals surface area (Å²) >= 11 is 0. The van der Waals surface area contributed by atoms with Gasteiger partial charge in [-0.15, -0.1) is 6.42 Å². The number of carboxylic acid groups (broad SMARTS) is 3. The van der Waals surface area contributed by atoms with Crippen molar-refractivity contribution in [3.63, 3.8) is 0 Å². The first-order valence-electron chi connectivity index (χ1n) is 4.73. The van der Waals surface area contributed by atoms with Gasteiger partial charge in [0, 0.05) is 5.56 Å². The third-order valence-electron chi connectivity index (χ3n) is 2.09. The van der Waals surface area contributed by atoms with Gasteiger partial charge in [0.15, 0.2) is 0 Å². The van der Waals surface area contributed by atoms with Gasteiger partial charge in [0.25, 0.3) is 0 Å². The summed E-state index contributed by atoms with van der Waals surface area (Å²) in [6.07, 6.45) is 4.90. The lowest BCUT2D eigenvalue weighted by Crippen LogP contribution is -2.15. The molecule has 0 spiro atoms. The van der Waals surface area contributed by atoms with E-state index in [0.717, 1.165) is 12.1 Å². The molecule has 0 aliphatic rings. The van der Waals surface area contributed by atoms with Crippen molar-refractivity contribution in [2.24, 2.45) is 0 Å². The third-order valence-corrected chi connectivity index (χ3v) is 2.09. The maximum absolute atomic E-state index is 11.0. The molecule has 0 atom stereocenters. The van der Waals surface area contributed by atoms with Crippen LogP contribution in [0.5, 0.6) is 0 Å². The van der Waals surface area contributed by atoms with Gasteiger partial charge in [0.1, 0.15) is 0 Å². The van der Waals surface area contributed by atoms with E-state index in [1.54, 1.807) is 0 Å². The maximum Gasteiger partial charge on any atom is 0.337 e. The van der Waals surface area contributed by atoms with E-state index in [0.29, 0.717) is 0 Å². The molecule has 0 radical (unpaired) electrons. The first-order chi connectivity index (χ1) is 8.88. The molecule has 1 aromatic rings. The van der Waals surface area contributed by atoms with Crippen molar-refractivity contribution in [3.8, 4) is 24.2 Å². The van der Waals surface area contributed by atoms with E-state index in [-0.39, 0.29) is 5.56 Å². The van der Waals surface area contributed by atoms with Crippen LogP contribution in [-0.2, 0) is 0 Å².